The van der Waals surface area contributed by atoms with Crippen LogP contribution in [0.5, 0.6) is 5.75 Å². The van der Waals surface area contributed by atoms with Crippen molar-refractivity contribution in [3.8, 4) is 5.75 Å². The van der Waals surface area contributed by atoms with E-state index in [-0.39, 0.29) is 29.4 Å². The van der Waals surface area contributed by atoms with Crippen molar-refractivity contribution < 1.29 is 13.5 Å². The minimum atomic E-state index is -0.702. The van der Waals surface area contributed by atoms with E-state index in [1.165, 1.54) is 12.1 Å². The van der Waals surface area contributed by atoms with Crippen LogP contribution in [0, 0.1) is 17.0 Å². The first-order valence-electron chi connectivity index (χ1n) is 13.3. The largest absolute Gasteiger partial charge is 0.494 e. The lowest BCUT2D eigenvalue weighted by atomic mass is 9.91. The van der Waals surface area contributed by atoms with Crippen LogP contribution in [0.4, 0.5) is 26.0 Å². The zero-order valence-electron chi connectivity index (χ0n) is 22.2. The first-order chi connectivity index (χ1) is 19.5. The van der Waals surface area contributed by atoms with Crippen molar-refractivity contribution in [3.63, 3.8) is 0 Å². The molecule has 1 fully saturated rings. The zero-order chi connectivity index (χ0) is 27.9. The van der Waals surface area contributed by atoms with E-state index in [0.717, 1.165) is 37.2 Å². The van der Waals surface area contributed by atoms with Gasteiger partial charge in [-0.3, -0.25) is 10.4 Å². The van der Waals surface area contributed by atoms with Crippen LogP contribution in [0.2, 0.25) is 0 Å². The molecule has 8 nitrogen and oxygen atoms in total. The molecule has 2 aromatic carbocycles. The average Bonchev–Trinajstić information content (AvgIpc) is 2.98. The summed E-state index contributed by atoms with van der Waals surface area (Å²) in [6.45, 7) is 3.79. The van der Waals surface area contributed by atoms with E-state index >= 15 is 0 Å². The summed E-state index contributed by atoms with van der Waals surface area (Å²) in [5, 5.41) is 18.8. The summed E-state index contributed by atoms with van der Waals surface area (Å²) in [6, 6.07) is 13.2. The van der Waals surface area contributed by atoms with Crippen molar-refractivity contribution in [2.24, 2.45) is 0 Å². The fourth-order valence-electron chi connectivity index (χ4n) is 4.77. The molecular weight excluding hydrogens is 512 g/mol. The number of pyridine rings is 1. The lowest BCUT2D eigenvalue weighted by Gasteiger charge is -2.25. The summed E-state index contributed by atoms with van der Waals surface area (Å²) in [4.78, 5) is 13.4. The van der Waals surface area contributed by atoms with Gasteiger partial charge < -0.3 is 20.7 Å². The van der Waals surface area contributed by atoms with Crippen molar-refractivity contribution in [1.29, 1.82) is 5.41 Å². The van der Waals surface area contributed by atoms with Crippen molar-refractivity contribution >= 4 is 22.9 Å². The lowest BCUT2D eigenvalue weighted by molar-refractivity contribution is 0.335. The third kappa shape index (κ3) is 6.23. The number of hydrogen-bond acceptors (Lipinski definition) is 8. The second-order valence-electron chi connectivity index (χ2n) is 9.46. The second-order valence-corrected chi connectivity index (χ2v) is 9.46. The highest BCUT2D eigenvalue weighted by molar-refractivity contribution is 6.12. The average molecular weight is 544 g/mol. The molecule has 2 aromatic heterocycles. The van der Waals surface area contributed by atoms with Gasteiger partial charge >= 0.3 is 0 Å². The Morgan fingerprint density at radius 1 is 1.07 bits per heavy atom. The van der Waals surface area contributed by atoms with Gasteiger partial charge in [-0.25, -0.2) is 18.7 Å². The van der Waals surface area contributed by atoms with E-state index in [4.69, 9.17) is 15.1 Å². The Morgan fingerprint density at radius 2 is 1.80 bits per heavy atom. The molecule has 4 aromatic rings. The minimum absolute atomic E-state index is 0.0883. The molecule has 4 N–H and O–H groups in total. The summed E-state index contributed by atoms with van der Waals surface area (Å²) < 4.78 is 34.5. The molecule has 0 amide bonds. The fourth-order valence-corrected chi connectivity index (χ4v) is 4.77. The summed E-state index contributed by atoms with van der Waals surface area (Å²) in [5.41, 5.74) is 2.86. The Balaban J connectivity index is 1.42. The standard InChI is InChI=1S/C30H31F2N7O/c1-2-40-21-15-25(31)24(26(32)16-21)18-36-27-6-4-3-5-22(27)28(33)30-37-17-23(19-7-11-34-12-8-19)29(39-30)38-20-9-13-35-14-10-20/h3-6,9-10,13-17,19,33-34,36H,2,7-8,11-12,18H2,1H3,(H,35,37,38,39). The van der Waals surface area contributed by atoms with Crippen LogP contribution in [0.1, 0.15) is 48.2 Å². The predicted octanol–water partition coefficient (Wildman–Crippen LogP) is 5.79. The Kier molecular flexibility index (Phi) is 8.56. The maximum atomic E-state index is 14.6. The van der Waals surface area contributed by atoms with Gasteiger partial charge in [0.1, 0.15) is 28.9 Å². The quantitative estimate of drug-likeness (QED) is 0.188. The molecule has 1 aliphatic rings. The molecule has 0 bridgehead atoms. The number of hydrogen-bond donors (Lipinski definition) is 4. The maximum absolute atomic E-state index is 14.6. The molecule has 0 atom stereocenters. The smallest absolute Gasteiger partial charge is 0.180 e. The zero-order valence-corrected chi connectivity index (χ0v) is 22.2. The van der Waals surface area contributed by atoms with E-state index in [0.29, 0.717) is 29.6 Å². The van der Waals surface area contributed by atoms with Gasteiger partial charge in [0.15, 0.2) is 5.82 Å². The highest BCUT2D eigenvalue weighted by Crippen LogP contribution is 2.32. The van der Waals surface area contributed by atoms with Crippen LogP contribution in [-0.4, -0.2) is 40.4 Å². The molecule has 0 aliphatic carbocycles. The van der Waals surface area contributed by atoms with Crippen LogP contribution in [0.25, 0.3) is 0 Å². The molecule has 1 aliphatic heterocycles. The Labute approximate surface area is 231 Å². The van der Waals surface area contributed by atoms with Crippen molar-refractivity contribution in [2.45, 2.75) is 32.2 Å². The Hall–Kier alpha value is -4.44. The number of nitrogens with zero attached hydrogens (tertiary/aromatic N) is 3. The van der Waals surface area contributed by atoms with E-state index in [2.05, 4.69) is 25.9 Å². The van der Waals surface area contributed by atoms with Gasteiger partial charge in [-0.1, -0.05) is 18.2 Å². The SMILES string of the molecule is CCOc1cc(F)c(CNc2ccccc2C(=N)c2ncc(C3CCNCC3)c(Nc3ccncc3)n2)c(F)c1. The lowest BCUT2D eigenvalue weighted by Crippen LogP contribution is -2.27. The Bertz CT molecular complexity index is 1450. The molecule has 0 unspecified atom stereocenters. The molecule has 1 saturated heterocycles. The van der Waals surface area contributed by atoms with E-state index < -0.39 is 11.6 Å². The number of benzene rings is 2. The van der Waals surface area contributed by atoms with Crippen LogP contribution in [0.15, 0.2) is 67.1 Å². The monoisotopic (exact) mass is 543 g/mol. The number of rotatable bonds is 10. The van der Waals surface area contributed by atoms with Crippen LogP contribution in [0.3, 0.4) is 0 Å². The molecule has 40 heavy (non-hydrogen) atoms. The summed E-state index contributed by atoms with van der Waals surface area (Å²) in [5.74, 6) is -0.0792. The van der Waals surface area contributed by atoms with Crippen LogP contribution < -0.4 is 20.7 Å². The maximum Gasteiger partial charge on any atom is 0.180 e. The van der Waals surface area contributed by atoms with Crippen molar-refractivity contribution in [1.82, 2.24) is 20.3 Å². The predicted molar refractivity (Wildman–Crippen MR) is 152 cm³/mol. The van der Waals surface area contributed by atoms with E-state index in [9.17, 15) is 8.78 Å². The third-order valence-corrected chi connectivity index (χ3v) is 6.84. The first-order valence-corrected chi connectivity index (χ1v) is 13.3. The molecule has 5 rings (SSSR count). The number of piperidine rings is 1. The fraction of sp³-hybridized carbons (Fsp3) is 0.267. The number of aromatic nitrogens is 3. The number of anilines is 3. The number of para-hydroxylation sites is 1. The van der Waals surface area contributed by atoms with Crippen molar-refractivity contribution in [3.05, 3.63) is 101 Å². The topological polar surface area (TPSA) is 108 Å². The normalized spacial score (nSPS) is 13.6. The molecule has 3 heterocycles. The highest BCUT2D eigenvalue weighted by atomic mass is 19.1. The first kappa shape index (κ1) is 27.1. The van der Waals surface area contributed by atoms with Gasteiger partial charge in [-0.2, -0.15) is 0 Å². The molecule has 10 heteroatoms. The highest BCUT2D eigenvalue weighted by Gasteiger charge is 2.22. The van der Waals surface area contributed by atoms with Gasteiger partial charge in [-0.05, 0) is 57.0 Å². The van der Waals surface area contributed by atoms with E-state index in [1.54, 1.807) is 49.8 Å². The molecule has 0 spiro atoms. The van der Waals surface area contributed by atoms with Gasteiger partial charge in [0, 0.05) is 65.3 Å². The Morgan fingerprint density at radius 3 is 2.52 bits per heavy atom. The minimum Gasteiger partial charge on any atom is -0.494 e. The van der Waals surface area contributed by atoms with E-state index in [1.807, 2.05) is 12.1 Å². The summed E-state index contributed by atoms with van der Waals surface area (Å²) in [7, 11) is 0. The number of halogens is 2. The van der Waals surface area contributed by atoms with Crippen molar-refractivity contribution in [2.75, 3.05) is 30.3 Å². The summed E-state index contributed by atoms with van der Waals surface area (Å²) in [6.07, 6.45) is 7.15. The molecule has 0 radical (unpaired) electrons. The van der Waals surface area contributed by atoms with Gasteiger partial charge in [-0.15, -0.1) is 0 Å². The number of nitrogens with one attached hydrogen (secondary N) is 4. The summed E-state index contributed by atoms with van der Waals surface area (Å²) >= 11 is 0. The van der Waals surface area contributed by atoms with Gasteiger partial charge in [0.25, 0.3) is 0 Å². The molecular formula is C30H31F2N7O. The number of ether oxygens (including phenoxy) is 1. The molecule has 206 valence electrons. The molecule has 0 saturated carbocycles. The third-order valence-electron chi connectivity index (χ3n) is 6.84. The van der Waals surface area contributed by atoms with Crippen LogP contribution >= 0.6 is 0 Å². The van der Waals surface area contributed by atoms with Crippen LogP contribution in [-0.2, 0) is 6.54 Å². The van der Waals surface area contributed by atoms with Gasteiger partial charge in [0.05, 0.1) is 6.61 Å². The second kappa shape index (κ2) is 12.6. The van der Waals surface area contributed by atoms with Gasteiger partial charge in [0.2, 0.25) is 0 Å².